The molecule has 0 saturated carbocycles. The van der Waals surface area contributed by atoms with Crippen molar-refractivity contribution in [2.24, 2.45) is 0 Å². The molecule has 2 aliphatic rings. The van der Waals surface area contributed by atoms with Gasteiger partial charge in [-0.1, -0.05) is 30.3 Å². The van der Waals surface area contributed by atoms with E-state index in [1.165, 1.54) is 4.90 Å². The highest BCUT2D eigenvalue weighted by molar-refractivity contribution is 6.07. The van der Waals surface area contributed by atoms with Gasteiger partial charge in [0.2, 0.25) is 0 Å². The summed E-state index contributed by atoms with van der Waals surface area (Å²) in [6.45, 7) is 3.56. The zero-order valence-electron chi connectivity index (χ0n) is 17.0. The van der Waals surface area contributed by atoms with Crippen LogP contribution in [0.3, 0.4) is 0 Å². The number of urea groups is 1. The van der Waals surface area contributed by atoms with Crippen LogP contribution in [0.4, 0.5) is 4.79 Å². The van der Waals surface area contributed by atoms with Gasteiger partial charge in [-0.15, -0.1) is 0 Å². The minimum atomic E-state index is -0.915. The van der Waals surface area contributed by atoms with Crippen molar-refractivity contribution in [2.45, 2.75) is 31.8 Å². The molecule has 4 rings (SSSR count). The Kier molecular flexibility index (Phi) is 5.44. The van der Waals surface area contributed by atoms with Crippen LogP contribution in [0.2, 0.25) is 0 Å². The van der Waals surface area contributed by atoms with E-state index in [4.69, 9.17) is 4.74 Å². The predicted octanol–water partition coefficient (Wildman–Crippen LogP) is 2.81. The molecule has 7 nitrogen and oxygen atoms in total. The molecule has 0 atom stereocenters. The van der Waals surface area contributed by atoms with E-state index in [0.717, 1.165) is 11.3 Å². The number of rotatable bonds is 5. The molecule has 1 spiro atoms. The lowest BCUT2D eigenvalue weighted by Gasteiger charge is -2.37. The normalized spacial score (nSPS) is 17.9. The van der Waals surface area contributed by atoms with E-state index in [1.807, 2.05) is 37.3 Å². The largest absolute Gasteiger partial charge is 0.494 e. The number of hydrogen-bond donors (Lipinski definition) is 1. The SMILES string of the molecule is CCOc1ccc(C(=O)N2CCC3(CC2)NC(=O)N(Cc2ccccc2)C3=O)cc1. The summed E-state index contributed by atoms with van der Waals surface area (Å²) in [5.41, 5.74) is 0.574. The number of benzene rings is 2. The lowest BCUT2D eigenvalue weighted by atomic mass is 9.87. The number of nitrogens with zero attached hydrogens (tertiary/aromatic N) is 2. The van der Waals surface area contributed by atoms with Crippen molar-refractivity contribution in [3.05, 3.63) is 65.7 Å². The summed E-state index contributed by atoms with van der Waals surface area (Å²) in [4.78, 5) is 41.4. The Balaban J connectivity index is 1.40. The monoisotopic (exact) mass is 407 g/mol. The van der Waals surface area contributed by atoms with E-state index in [1.54, 1.807) is 29.2 Å². The first-order valence-corrected chi connectivity index (χ1v) is 10.2. The molecule has 0 unspecified atom stereocenters. The van der Waals surface area contributed by atoms with Crippen molar-refractivity contribution in [3.63, 3.8) is 0 Å². The Morgan fingerprint density at radius 2 is 1.70 bits per heavy atom. The summed E-state index contributed by atoms with van der Waals surface area (Å²) in [5.74, 6) is 0.444. The van der Waals surface area contributed by atoms with E-state index in [-0.39, 0.29) is 24.4 Å². The number of carbonyl (C=O) groups is 3. The molecule has 1 N–H and O–H groups in total. The first-order chi connectivity index (χ1) is 14.5. The van der Waals surface area contributed by atoms with Crippen LogP contribution in [0, 0.1) is 0 Å². The molecule has 156 valence electrons. The lowest BCUT2D eigenvalue weighted by Crippen LogP contribution is -2.55. The molecule has 7 heteroatoms. The molecule has 2 aromatic carbocycles. The van der Waals surface area contributed by atoms with Gasteiger partial charge in [0.15, 0.2) is 0 Å². The Hall–Kier alpha value is -3.35. The fraction of sp³-hybridized carbons (Fsp3) is 0.348. The standard InChI is InChI=1S/C23H25N3O4/c1-2-30-19-10-8-18(9-11-19)20(27)25-14-12-23(13-15-25)21(28)26(22(29)24-23)16-17-6-4-3-5-7-17/h3-11H,2,12-16H2,1H3,(H,24,29). The Labute approximate surface area is 175 Å². The molecule has 4 amide bonds. The third-order valence-corrected chi connectivity index (χ3v) is 5.75. The highest BCUT2D eigenvalue weighted by Gasteiger charge is 2.52. The van der Waals surface area contributed by atoms with Crippen LogP contribution in [0.5, 0.6) is 5.75 Å². The van der Waals surface area contributed by atoms with E-state index in [2.05, 4.69) is 5.32 Å². The second-order valence-corrected chi connectivity index (χ2v) is 7.64. The molecule has 0 aliphatic carbocycles. The maximum Gasteiger partial charge on any atom is 0.325 e. The third-order valence-electron chi connectivity index (χ3n) is 5.75. The average Bonchev–Trinajstić information content (AvgIpc) is 2.99. The maximum absolute atomic E-state index is 13.1. The van der Waals surface area contributed by atoms with Gasteiger partial charge in [0.05, 0.1) is 13.2 Å². The number of imide groups is 1. The number of likely N-dealkylation sites (tertiary alicyclic amines) is 1. The van der Waals surface area contributed by atoms with Crippen molar-refractivity contribution in [1.82, 2.24) is 15.1 Å². The molecule has 0 aromatic heterocycles. The summed E-state index contributed by atoms with van der Waals surface area (Å²) < 4.78 is 5.42. The van der Waals surface area contributed by atoms with Gasteiger partial charge in [0.25, 0.3) is 11.8 Å². The van der Waals surface area contributed by atoms with Crippen LogP contribution in [-0.2, 0) is 11.3 Å². The Morgan fingerprint density at radius 1 is 1.03 bits per heavy atom. The minimum absolute atomic E-state index is 0.0780. The molecule has 2 aliphatic heterocycles. The van der Waals surface area contributed by atoms with Gasteiger partial charge in [-0.05, 0) is 49.6 Å². The van der Waals surface area contributed by atoms with E-state index in [9.17, 15) is 14.4 Å². The highest BCUT2D eigenvalue weighted by Crippen LogP contribution is 2.31. The van der Waals surface area contributed by atoms with Crippen molar-refractivity contribution in [2.75, 3.05) is 19.7 Å². The second-order valence-electron chi connectivity index (χ2n) is 7.64. The molecular formula is C23H25N3O4. The fourth-order valence-electron chi connectivity index (χ4n) is 4.06. The number of nitrogens with one attached hydrogen (secondary N) is 1. The first-order valence-electron chi connectivity index (χ1n) is 10.2. The zero-order valence-corrected chi connectivity index (χ0v) is 17.0. The maximum atomic E-state index is 13.1. The summed E-state index contributed by atoms with van der Waals surface area (Å²) >= 11 is 0. The van der Waals surface area contributed by atoms with Gasteiger partial charge in [-0.2, -0.15) is 0 Å². The molecule has 0 radical (unpaired) electrons. The van der Waals surface area contributed by atoms with Crippen LogP contribution in [0.1, 0.15) is 35.7 Å². The van der Waals surface area contributed by atoms with Crippen LogP contribution in [0.15, 0.2) is 54.6 Å². The van der Waals surface area contributed by atoms with Gasteiger partial charge >= 0.3 is 6.03 Å². The summed E-state index contributed by atoms with van der Waals surface area (Å²) in [6, 6.07) is 16.2. The Bertz CT molecular complexity index is 935. The first kappa shape index (κ1) is 19.9. The van der Waals surface area contributed by atoms with Crippen LogP contribution in [-0.4, -0.2) is 52.9 Å². The number of ether oxygens (including phenoxy) is 1. The van der Waals surface area contributed by atoms with Gasteiger partial charge in [0, 0.05) is 18.7 Å². The van der Waals surface area contributed by atoms with E-state index in [0.29, 0.717) is 38.1 Å². The zero-order chi connectivity index (χ0) is 21.1. The van der Waals surface area contributed by atoms with Gasteiger partial charge in [0.1, 0.15) is 11.3 Å². The number of piperidine rings is 1. The van der Waals surface area contributed by atoms with Crippen molar-refractivity contribution >= 4 is 17.8 Å². The number of hydrogen-bond acceptors (Lipinski definition) is 4. The summed E-state index contributed by atoms with van der Waals surface area (Å²) in [7, 11) is 0. The van der Waals surface area contributed by atoms with Crippen LogP contribution < -0.4 is 10.1 Å². The topological polar surface area (TPSA) is 79.0 Å². The fourth-order valence-corrected chi connectivity index (χ4v) is 4.06. The summed E-state index contributed by atoms with van der Waals surface area (Å²) in [5, 5.41) is 2.89. The second kappa shape index (κ2) is 8.18. The number of amides is 4. The van der Waals surface area contributed by atoms with Gasteiger partial charge in [-0.3, -0.25) is 14.5 Å². The van der Waals surface area contributed by atoms with E-state index >= 15 is 0 Å². The predicted molar refractivity (Wildman–Crippen MR) is 111 cm³/mol. The molecule has 0 bridgehead atoms. The Morgan fingerprint density at radius 3 is 2.33 bits per heavy atom. The third kappa shape index (κ3) is 3.75. The molecule has 30 heavy (non-hydrogen) atoms. The lowest BCUT2D eigenvalue weighted by molar-refractivity contribution is -0.133. The van der Waals surface area contributed by atoms with Crippen molar-refractivity contribution in [1.29, 1.82) is 0 Å². The minimum Gasteiger partial charge on any atom is -0.494 e. The van der Waals surface area contributed by atoms with Gasteiger partial charge in [-0.25, -0.2) is 4.79 Å². The number of carbonyl (C=O) groups excluding carboxylic acids is 3. The molecule has 2 aromatic rings. The van der Waals surface area contributed by atoms with Gasteiger partial charge < -0.3 is 15.0 Å². The van der Waals surface area contributed by atoms with Crippen molar-refractivity contribution in [3.8, 4) is 5.75 Å². The summed E-state index contributed by atoms with van der Waals surface area (Å²) in [6.07, 6.45) is 0.817. The molecular weight excluding hydrogens is 382 g/mol. The average molecular weight is 407 g/mol. The van der Waals surface area contributed by atoms with Crippen molar-refractivity contribution < 1.29 is 19.1 Å². The molecule has 2 fully saturated rings. The quantitative estimate of drug-likeness (QED) is 0.773. The smallest absolute Gasteiger partial charge is 0.325 e. The highest BCUT2D eigenvalue weighted by atomic mass is 16.5. The molecule has 2 saturated heterocycles. The van der Waals surface area contributed by atoms with Crippen LogP contribution in [0.25, 0.3) is 0 Å². The molecule has 2 heterocycles. The van der Waals surface area contributed by atoms with E-state index < -0.39 is 5.54 Å². The van der Waals surface area contributed by atoms with Crippen LogP contribution >= 0.6 is 0 Å².